The number of anilines is 1. The van der Waals surface area contributed by atoms with Crippen LogP contribution >= 0.6 is 0 Å². The van der Waals surface area contributed by atoms with E-state index in [9.17, 15) is 14.9 Å². The van der Waals surface area contributed by atoms with Crippen LogP contribution in [0, 0.1) is 10.1 Å². The first kappa shape index (κ1) is 14.8. The third-order valence-electron chi connectivity index (χ3n) is 4.99. The van der Waals surface area contributed by atoms with Gasteiger partial charge in [0.1, 0.15) is 5.82 Å². The fourth-order valence-corrected chi connectivity index (χ4v) is 3.89. The fourth-order valence-electron chi connectivity index (χ4n) is 3.89. The van der Waals surface area contributed by atoms with Gasteiger partial charge in [-0.1, -0.05) is 6.07 Å². The minimum absolute atomic E-state index is 0.0843. The lowest BCUT2D eigenvalue weighted by Gasteiger charge is -2.20. The third kappa shape index (κ3) is 1.94. The Morgan fingerprint density at radius 2 is 2.08 bits per heavy atom. The molecular weight excluding hydrogens is 308 g/mol. The van der Waals surface area contributed by atoms with Crippen LogP contribution in [0.5, 0.6) is 0 Å². The molecule has 0 saturated heterocycles. The number of carbonyl (C=O) groups is 1. The summed E-state index contributed by atoms with van der Waals surface area (Å²) in [5.41, 5.74) is 8.29. The van der Waals surface area contributed by atoms with E-state index in [1.54, 1.807) is 12.3 Å². The first-order valence-electron chi connectivity index (χ1n) is 7.81. The number of aromatic nitrogens is 1. The van der Waals surface area contributed by atoms with Crippen LogP contribution in [-0.4, -0.2) is 22.4 Å². The van der Waals surface area contributed by atoms with Crippen molar-refractivity contribution in [3.8, 4) is 0 Å². The minimum Gasteiger partial charge on any atom is -0.330 e. The monoisotopic (exact) mass is 324 g/mol. The molecule has 0 unspecified atom stereocenters. The third-order valence-corrected chi connectivity index (χ3v) is 4.99. The summed E-state index contributed by atoms with van der Waals surface area (Å²) in [4.78, 5) is 27.8. The first-order chi connectivity index (χ1) is 11.5. The zero-order valence-electron chi connectivity index (χ0n) is 12.9. The highest BCUT2D eigenvalue weighted by molar-refractivity contribution is 6.06. The summed E-state index contributed by atoms with van der Waals surface area (Å²) in [5, 5.41) is 14.2. The average molecular weight is 324 g/mol. The number of nitro groups is 1. The van der Waals surface area contributed by atoms with E-state index in [0.29, 0.717) is 37.2 Å². The van der Waals surface area contributed by atoms with Crippen LogP contribution in [0.25, 0.3) is 0 Å². The minimum atomic E-state index is -0.707. The average Bonchev–Trinajstić information content (AvgIpc) is 3.06. The molecule has 1 aromatic carbocycles. The SMILES string of the molecule is NCCc1cc2c(cc1[N+](=O)[O-])C[C@]1(C2)C(=O)Nc2ncccc21. The Hall–Kier alpha value is -2.80. The zero-order chi connectivity index (χ0) is 16.9. The molecule has 3 N–H and O–H groups in total. The van der Waals surface area contributed by atoms with Gasteiger partial charge in [0.05, 0.1) is 10.3 Å². The van der Waals surface area contributed by atoms with Crippen molar-refractivity contribution in [1.29, 1.82) is 0 Å². The number of pyridine rings is 1. The zero-order valence-corrected chi connectivity index (χ0v) is 12.9. The predicted molar refractivity (Wildman–Crippen MR) is 87.8 cm³/mol. The highest BCUT2D eigenvalue weighted by Crippen LogP contribution is 2.47. The Bertz CT molecular complexity index is 880. The summed E-state index contributed by atoms with van der Waals surface area (Å²) in [6, 6.07) is 7.17. The molecule has 1 spiro atoms. The molecule has 1 amide bonds. The van der Waals surface area contributed by atoms with Crippen LogP contribution in [0.3, 0.4) is 0 Å². The van der Waals surface area contributed by atoms with Gasteiger partial charge in [0, 0.05) is 23.4 Å². The van der Waals surface area contributed by atoms with Gasteiger partial charge in [0.2, 0.25) is 5.91 Å². The van der Waals surface area contributed by atoms with Crippen molar-refractivity contribution in [2.75, 3.05) is 11.9 Å². The molecule has 0 fully saturated rings. The van der Waals surface area contributed by atoms with Crippen molar-refractivity contribution in [3.63, 3.8) is 0 Å². The molecule has 1 aliphatic heterocycles. The Morgan fingerprint density at radius 3 is 2.79 bits per heavy atom. The molecule has 24 heavy (non-hydrogen) atoms. The van der Waals surface area contributed by atoms with Gasteiger partial charge >= 0.3 is 0 Å². The number of hydrogen-bond acceptors (Lipinski definition) is 5. The summed E-state index contributed by atoms with van der Waals surface area (Å²) in [6.45, 7) is 0.345. The van der Waals surface area contributed by atoms with Crippen LogP contribution in [0.15, 0.2) is 30.5 Å². The van der Waals surface area contributed by atoms with Crippen molar-refractivity contribution >= 4 is 17.4 Å². The molecule has 1 atom stereocenters. The number of carbonyl (C=O) groups excluding carboxylic acids is 1. The smallest absolute Gasteiger partial charge is 0.272 e. The number of fused-ring (bicyclic) bond motifs is 3. The van der Waals surface area contributed by atoms with E-state index in [1.807, 2.05) is 18.2 Å². The molecule has 1 aromatic heterocycles. The number of nitrogens with one attached hydrogen (secondary N) is 1. The van der Waals surface area contributed by atoms with Crippen molar-refractivity contribution in [3.05, 3.63) is 62.8 Å². The quantitative estimate of drug-likeness (QED) is 0.656. The molecule has 4 rings (SSSR count). The summed E-state index contributed by atoms with van der Waals surface area (Å²) in [6.07, 6.45) is 3.07. The molecular formula is C17H16N4O3. The van der Waals surface area contributed by atoms with E-state index in [4.69, 9.17) is 5.73 Å². The Labute approximate surface area is 138 Å². The van der Waals surface area contributed by atoms with Crippen LogP contribution in [0.1, 0.15) is 22.3 Å². The number of nitrogens with two attached hydrogens (primary N) is 1. The normalized spacial score (nSPS) is 20.8. The standard InChI is InChI=1S/C17H16N4O3/c18-4-3-10-6-11-8-17(9-12(11)7-14(10)21(23)24)13-2-1-5-19-15(13)20-16(17)22/h1-2,5-7H,3-4,8-9,18H2,(H,19,20,22)/t17-/m0/s1. The van der Waals surface area contributed by atoms with Crippen molar-refractivity contribution in [2.45, 2.75) is 24.7 Å². The van der Waals surface area contributed by atoms with Gasteiger partial charge < -0.3 is 11.1 Å². The molecule has 1 aliphatic carbocycles. The predicted octanol–water partition coefficient (Wildman–Crippen LogP) is 1.48. The van der Waals surface area contributed by atoms with Gasteiger partial charge in [0.25, 0.3) is 5.69 Å². The maximum Gasteiger partial charge on any atom is 0.272 e. The van der Waals surface area contributed by atoms with E-state index in [2.05, 4.69) is 10.3 Å². The van der Waals surface area contributed by atoms with Gasteiger partial charge in [-0.05, 0) is 49.1 Å². The lowest BCUT2D eigenvalue weighted by Crippen LogP contribution is -2.35. The van der Waals surface area contributed by atoms with E-state index in [-0.39, 0.29) is 16.5 Å². The van der Waals surface area contributed by atoms with Crippen molar-refractivity contribution in [1.82, 2.24) is 4.98 Å². The second-order valence-electron chi connectivity index (χ2n) is 6.33. The van der Waals surface area contributed by atoms with Crippen LogP contribution in [-0.2, 0) is 29.5 Å². The molecule has 0 saturated carbocycles. The second-order valence-corrected chi connectivity index (χ2v) is 6.33. The Balaban J connectivity index is 1.82. The van der Waals surface area contributed by atoms with E-state index >= 15 is 0 Å². The van der Waals surface area contributed by atoms with E-state index in [0.717, 1.165) is 16.7 Å². The van der Waals surface area contributed by atoms with E-state index < -0.39 is 5.41 Å². The number of nitrogens with zero attached hydrogens (tertiary/aromatic N) is 2. The fraction of sp³-hybridized carbons (Fsp3) is 0.294. The lowest BCUT2D eigenvalue weighted by atomic mass is 9.79. The molecule has 2 aromatic rings. The van der Waals surface area contributed by atoms with Gasteiger partial charge in [-0.2, -0.15) is 0 Å². The topological polar surface area (TPSA) is 111 Å². The van der Waals surface area contributed by atoms with Gasteiger partial charge in [-0.3, -0.25) is 14.9 Å². The molecule has 122 valence electrons. The largest absolute Gasteiger partial charge is 0.330 e. The first-order valence-corrected chi connectivity index (χ1v) is 7.81. The van der Waals surface area contributed by atoms with E-state index in [1.165, 1.54) is 0 Å². The number of rotatable bonds is 3. The highest BCUT2D eigenvalue weighted by atomic mass is 16.6. The van der Waals surface area contributed by atoms with Gasteiger partial charge in [0.15, 0.2) is 0 Å². The highest BCUT2D eigenvalue weighted by Gasteiger charge is 2.51. The van der Waals surface area contributed by atoms with Crippen LogP contribution < -0.4 is 11.1 Å². The van der Waals surface area contributed by atoms with Crippen LogP contribution in [0.2, 0.25) is 0 Å². The molecule has 2 heterocycles. The number of hydrogen-bond donors (Lipinski definition) is 2. The van der Waals surface area contributed by atoms with Gasteiger partial charge in [-0.25, -0.2) is 4.98 Å². The summed E-state index contributed by atoms with van der Waals surface area (Å²) >= 11 is 0. The summed E-state index contributed by atoms with van der Waals surface area (Å²) in [7, 11) is 0. The summed E-state index contributed by atoms with van der Waals surface area (Å²) < 4.78 is 0. The van der Waals surface area contributed by atoms with Crippen molar-refractivity contribution < 1.29 is 9.72 Å². The Kier molecular flexibility index (Phi) is 3.14. The second kappa shape index (κ2) is 5.10. The molecule has 2 aliphatic rings. The van der Waals surface area contributed by atoms with Gasteiger partial charge in [-0.15, -0.1) is 0 Å². The molecule has 0 bridgehead atoms. The molecule has 0 radical (unpaired) electrons. The summed E-state index contributed by atoms with van der Waals surface area (Å²) in [5.74, 6) is 0.502. The van der Waals surface area contributed by atoms with Crippen molar-refractivity contribution in [2.24, 2.45) is 5.73 Å². The maximum atomic E-state index is 12.6. The molecule has 7 heteroatoms. The Morgan fingerprint density at radius 1 is 1.33 bits per heavy atom. The lowest BCUT2D eigenvalue weighted by molar-refractivity contribution is -0.385. The molecule has 7 nitrogen and oxygen atoms in total. The van der Waals surface area contributed by atoms with Crippen LogP contribution in [0.4, 0.5) is 11.5 Å². The maximum absolute atomic E-state index is 12.6. The number of benzene rings is 1. The number of amides is 1. The number of nitro benzene ring substituents is 1.